The molecule has 2 unspecified atom stereocenters. The van der Waals surface area contributed by atoms with Crippen LogP contribution in [0.1, 0.15) is 13.3 Å². The molecule has 0 bridgehead atoms. The molecule has 0 aromatic carbocycles. The van der Waals surface area contributed by atoms with Crippen molar-refractivity contribution < 1.29 is 4.74 Å². The molecule has 14 heavy (non-hydrogen) atoms. The van der Waals surface area contributed by atoms with E-state index in [9.17, 15) is 0 Å². The summed E-state index contributed by atoms with van der Waals surface area (Å²) >= 11 is 1.83. The lowest BCUT2D eigenvalue weighted by Gasteiger charge is -2.13. The number of thioether (sulfide) groups is 1. The summed E-state index contributed by atoms with van der Waals surface area (Å²) in [5.41, 5.74) is 5.61. The number of hydrogen-bond donors (Lipinski definition) is 1. The van der Waals surface area contributed by atoms with Crippen molar-refractivity contribution in [3.8, 4) is 0 Å². The Hall–Kier alpha value is -0.740. The number of nitrogen functional groups attached to an aromatic ring is 1. The molecule has 1 aliphatic heterocycles. The van der Waals surface area contributed by atoms with Gasteiger partial charge in [0.2, 0.25) is 0 Å². The molecule has 0 aliphatic carbocycles. The van der Waals surface area contributed by atoms with E-state index < -0.39 is 0 Å². The van der Waals surface area contributed by atoms with Crippen molar-refractivity contribution in [3.05, 3.63) is 18.3 Å². The second-order valence-electron chi connectivity index (χ2n) is 3.44. The first-order valence-corrected chi connectivity index (χ1v) is 5.63. The van der Waals surface area contributed by atoms with Crippen molar-refractivity contribution in [2.24, 2.45) is 0 Å². The molecular formula is C10H14N2OS. The highest BCUT2D eigenvalue weighted by Crippen LogP contribution is 2.32. The number of ether oxygens (including phenoxy) is 1. The monoisotopic (exact) mass is 210 g/mol. The molecule has 0 amide bonds. The Morgan fingerprint density at radius 3 is 3.14 bits per heavy atom. The minimum atomic E-state index is 0.342. The Kier molecular flexibility index (Phi) is 2.93. The van der Waals surface area contributed by atoms with Crippen LogP contribution in [0.2, 0.25) is 0 Å². The molecule has 2 heterocycles. The van der Waals surface area contributed by atoms with Crippen molar-refractivity contribution in [2.75, 3.05) is 12.3 Å². The number of rotatable bonds is 2. The number of pyridine rings is 1. The lowest BCUT2D eigenvalue weighted by molar-refractivity contribution is 0.127. The molecule has 4 heteroatoms. The van der Waals surface area contributed by atoms with E-state index in [0.717, 1.165) is 13.0 Å². The third-order valence-corrected chi connectivity index (χ3v) is 3.79. The Morgan fingerprint density at radius 1 is 1.64 bits per heavy atom. The van der Waals surface area contributed by atoms with Gasteiger partial charge in [-0.2, -0.15) is 0 Å². The van der Waals surface area contributed by atoms with Gasteiger partial charge >= 0.3 is 0 Å². The molecule has 1 aromatic rings. The normalized spacial score (nSPS) is 26.6. The van der Waals surface area contributed by atoms with Gasteiger partial charge in [0, 0.05) is 22.9 Å². The number of aromatic nitrogens is 1. The minimum absolute atomic E-state index is 0.342. The SMILES string of the molecule is CC1OCCC1Sc1ccnc(N)c1. The van der Waals surface area contributed by atoms with Gasteiger partial charge in [0.1, 0.15) is 5.82 Å². The zero-order valence-electron chi connectivity index (χ0n) is 8.14. The maximum atomic E-state index is 5.61. The van der Waals surface area contributed by atoms with E-state index in [1.807, 2.05) is 23.9 Å². The summed E-state index contributed by atoms with van der Waals surface area (Å²) in [6.07, 6.45) is 3.21. The van der Waals surface area contributed by atoms with Crippen LogP contribution in [0.15, 0.2) is 23.2 Å². The van der Waals surface area contributed by atoms with E-state index in [4.69, 9.17) is 10.5 Å². The predicted molar refractivity (Wildman–Crippen MR) is 58.3 cm³/mol. The Labute approximate surface area is 88.0 Å². The summed E-state index contributed by atoms with van der Waals surface area (Å²) in [6, 6.07) is 3.90. The van der Waals surface area contributed by atoms with Crippen molar-refractivity contribution >= 4 is 17.6 Å². The molecule has 1 aromatic heterocycles. The fraction of sp³-hybridized carbons (Fsp3) is 0.500. The van der Waals surface area contributed by atoms with Crippen LogP contribution in [0.25, 0.3) is 0 Å². The van der Waals surface area contributed by atoms with Crippen molar-refractivity contribution in [1.82, 2.24) is 4.98 Å². The van der Waals surface area contributed by atoms with E-state index >= 15 is 0 Å². The van der Waals surface area contributed by atoms with Crippen molar-refractivity contribution in [3.63, 3.8) is 0 Å². The van der Waals surface area contributed by atoms with Gasteiger partial charge in [-0.15, -0.1) is 11.8 Å². The molecule has 2 atom stereocenters. The van der Waals surface area contributed by atoms with Gasteiger partial charge in [-0.3, -0.25) is 0 Å². The average molecular weight is 210 g/mol. The number of hydrogen-bond acceptors (Lipinski definition) is 4. The highest BCUT2D eigenvalue weighted by atomic mass is 32.2. The summed E-state index contributed by atoms with van der Waals surface area (Å²) in [6.45, 7) is 2.99. The number of nitrogens with zero attached hydrogens (tertiary/aromatic N) is 1. The van der Waals surface area contributed by atoms with E-state index in [0.29, 0.717) is 17.2 Å². The van der Waals surface area contributed by atoms with Crippen LogP contribution < -0.4 is 5.73 Å². The van der Waals surface area contributed by atoms with Crippen LogP contribution in [0.3, 0.4) is 0 Å². The Bertz CT molecular complexity index is 319. The molecular weight excluding hydrogens is 196 g/mol. The molecule has 76 valence electrons. The van der Waals surface area contributed by atoms with Crippen LogP contribution >= 0.6 is 11.8 Å². The number of anilines is 1. The first-order valence-electron chi connectivity index (χ1n) is 4.75. The van der Waals surface area contributed by atoms with Gasteiger partial charge in [0.15, 0.2) is 0 Å². The molecule has 1 fully saturated rings. The van der Waals surface area contributed by atoms with Gasteiger partial charge in [0.25, 0.3) is 0 Å². The Morgan fingerprint density at radius 2 is 2.50 bits per heavy atom. The van der Waals surface area contributed by atoms with E-state index in [1.54, 1.807) is 6.20 Å². The molecule has 0 radical (unpaired) electrons. The van der Waals surface area contributed by atoms with E-state index in [1.165, 1.54) is 4.90 Å². The summed E-state index contributed by atoms with van der Waals surface area (Å²) in [7, 11) is 0. The lowest BCUT2D eigenvalue weighted by atomic mass is 10.3. The second kappa shape index (κ2) is 4.19. The molecule has 1 aliphatic rings. The van der Waals surface area contributed by atoms with Crippen molar-refractivity contribution in [1.29, 1.82) is 0 Å². The van der Waals surface area contributed by atoms with E-state index in [-0.39, 0.29) is 0 Å². The number of nitrogens with two attached hydrogens (primary N) is 1. The highest BCUT2D eigenvalue weighted by molar-refractivity contribution is 8.00. The molecule has 2 N–H and O–H groups in total. The molecule has 0 saturated carbocycles. The molecule has 3 nitrogen and oxygen atoms in total. The van der Waals surface area contributed by atoms with Gasteiger partial charge in [-0.25, -0.2) is 4.98 Å². The first kappa shape index (κ1) is 9.80. The summed E-state index contributed by atoms with van der Waals surface area (Å²) < 4.78 is 5.50. The van der Waals surface area contributed by atoms with Gasteiger partial charge < -0.3 is 10.5 Å². The topological polar surface area (TPSA) is 48.1 Å². The summed E-state index contributed by atoms with van der Waals surface area (Å²) in [5.74, 6) is 0.585. The van der Waals surface area contributed by atoms with Crippen LogP contribution in [-0.4, -0.2) is 22.9 Å². The largest absolute Gasteiger partial charge is 0.384 e. The summed E-state index contributed by atoms with van der Waals surface area (Å²) in [4.78, 5) is 5.15. The third-order valence-electron chi connectivity index (χ3n) is 2.35. The van der Waals surface area contributed by atoms with Crippen molar-refractivity contribution in [2.45, 2.75) is 29.6 Å². The maximum Gasteiger partial charge on any atom is 0.124 e. The van der Waals surface area contributed by atoms with E-state index in [2.05, 4.69) is 11.9 Å². The molecule has 2 rings (SSSR count). The van der Waals surface area contributed by atoms with Crippen LogP contribution in [0.4, 0.5) is 5.82 Å². The fourth-order valence-corrected chi connectivity index (χ4v) is 2.70. The van der Waals surface area contributed by atoms with Gasteiger partial charge in [-0.05, 0) is 25.5 Å². The summed E-state index contributed by atoms with van der Waals surface area (Å²) in [5, 5.41) is 0.553. The Balaban J connectivity index is 2.03. The second-order valence-corrected chi connectivity index (χ2v) is 4.75. The highest BCUT2D eigenvalue weighted by Gasteiger charge is 2.24. The molecule has 1 saturated heterocycles. The fourth-order valence-electron chi connectivity index (χ4n) is 1.54. The van der Waals surface area contributed by atoms with Gasteiger partial charge in [0.05, 0.1) is 6.10 Å². The zero-order chi connectivity index (χ0) is 9.97. The predicted octanol–water partition coefficient (Wildman–Crippen LogP) is 1.93. The third kappa shape index (κ3) is 2.19. The lowest BCUT2D eigenvalue weighted by Crippen LogP contribution is -2.12. The smallest absolute Gasteiger partial charge is 0.124 e. The van der Waals surface area contributed by atoms with Crippen LogP contribution in [-0.2, 0) is 4.74 Å². The standard InChI is InChI=1S/C10H14N2OS/c1-7-9(3-5-13-7)14-8-2-4-12-10(11)6-8/h2,4,6-7,9H,3,5H2,1H3,(H2,11,12). The van der Waals surface area contributed by atoms with Crippen LogP contribution in [0.5, 0.6) is 0 Å². The minimum Gasteiger partial charge on any atom is -0.384 e. The quantitative estimate of drug-likeness (QED) is 0.810. The van der Waals surface area contributed by atoms with Crippen LogP contribution in [0, 0.1) is 0 Å². The zero-order valence-corrected chi connectivity index (χ0v) is 8.96. The molecule has 0 spiro atoms. The maximum absolute atomic E-state index is 5.61. The van der Waals surface area contributed by atoms with Gasteiger partial charge in [-0.1, -0.05) is 0 Å². The average Bonchev–Trinajstić information content (AvgIpc) is 2.52. The first-order chi connectivity index (χ1) is 6.75.